The SMILES string of the molecule is CC=CCC(C)c1cc(C(F)(F)F)ccc1CCC. The molecule has 0 bridgehead atoms. The number of rotatable bonds is 5. The van der Waals surface area contributed by atoms with E-state index in [2.05, 4.69) is 0 Å². The largest absolute Gasteiger partial charge is 0.416 e. The summed E-state index contributed by atoms with van der Waals surface area (Å²) in [6.07, 6.45) is 2.21. The molecule has 1 unspecified atom stereocenters. The molecule has 0 radical (unpaired) electrons. The number of benzene rings is 1. The molecule has 0 N–H and O–H groups in total. The third-order valence-electron chi connectivity index (χ3n) is 3.25. The van der Waals surface area contributed by atoms with Gasteiger partial charge in [-0.05, 0) is 48.9 Å². The number of hydrogen-bond donors (Lipinski definition) is 0. The second kappa shape index (κ2) is 6.78. The molecule has 0 heterocycles. The molecule has 0 aliphatic rings. The first kappa shape index (κ1) is 15.8. The lowest BCUT2D eigenvalue weighted by Gasteiger charge is -2.17. The fourth-order valence-electron chi connectivity index (χ4n) is 2.19. The molecule has 1 aromatic carbocycles. The molecule has 0 nitrogen and oxygen atoms in total. The average molecular weight is 270 g/mol. The van der Waals surface area contributed by atoms with Crippen molar-refractivity contribution in [3.05, 3.63) is 47.0 Å². The molecule has 106 valence electrons. The predicted octanol–water partition coefficient (Wildman–Crippen LogP) is 5.73. The van der Waals surface area contributed by atoms with Crippen molar-refractivity contribution in [1.82, 2.24) is 0 Å². The Bertz CT molecular complexity index is 430. The van der Waals surface area contributed by atoms with E-state index in [1.807, 2.05) is 32.9 Å². The summed E-state index contributed by atoms with van der Waals surface area (Å²) >= 11 is 0. The van der Waals surface area contributed by atoms with Crippen LogP contribution in [0.25, 0.3) is 0 Å². The lowest BCUT2D eigenvalue weighted by atomic mass is 9.89. The summed E-state index contributed by atoms with van der Waals surface area (Å²) in [5.41, 5.74) is 1.32. The van der Waals surface area contributed by atoms with Crippen LogP contribution in [-0.2, 0) is 12.6 Å². The van der Waals surface area contributed by atoms with Gasteiger partial charge in [0.25, 0.3) is 0 Å². The maximum atomic E-state index is 12.8. The number of aryl methyl sites for hydroxylation is 1. The van der Waals surface area contributed by atoms with Gasteiger partial charge in [-0.2, -0.15) is 13.2 Å². The zero-order valence-electron chi connectivity index (χ0n) is 11.7. The second-order valence-electron chi connectivity index (χ2n) is 4.87. The van der Waals surface area contributed by atoms with Crippen molar-refractivity contribution in [3.8, 4) is 0 Å². The summed E-state index contributed by atoms with van der Waals surface area (Å²) in [5, 5.41) is 0. The Labute approximate surface area is 113 Å². The van der Waals surface area contributed by atoms with E-state index in [0.717, 1.165) is 30.4 Å². The molecule has 1 rings (SSSR count). The van der Waals surface area contributed by atoms with E-state index in [1.165, 1.54) is 12.1 Å². The van der Waals surface area contributed by atoms with E-state index >= 15 is 0 Å². The van der Waals surface area contributed by atoms with Crippen LogP contribution in [-0.4, -0.2) is 0 Å². The molecule has 0 spiro atoms. The Morgan fingerprint density at radius 3 is 2.47 bits per heavy atom. The maximum Gasteiger partial charge on any atom is 0.416 e. The predicted molar refractivity (Wildman–Crippen MR) is 73.3 cm³/mol. The van der Waals surface area contributed by atoms with E-state index in [1.54, 1.807) is 6.07 Å². The summed E-state index contributed by atoms with van der Waals surface area (Å²) in [6, 6.07) is 4.14. The van der Waals surface area contributed by atoms with E-state index in [4.69, 9.17) is 0 Å². The van der Waals surface area contributed by atoms with Crippen molar-refractivity contribution in [2.24, 2.45) is 0 Å². The molecule has 0 aliphatic heterocycles. The zero-order valence-corrected chi connectivity index (χ0v) is 11.7. The standard InChI is InChI=1S/C16H21F3/c1-4-6-8-12(3)15-11-14(16(17,18)19)10-9-13(15)7-5-2/h4,6,9-12H,5,7-8H2,1-3H3. The van der Waals surface area contributed by atoms with Crippen molar-refractivity contribution >= 4 is 0 Å². The summed E-state index contributed by atoms with van der Waals surface area (Å²) in [7, 11) is 0. The highest BCUT2D eigenvalue weighted by Gasteiger charge is 2.31. The van der Waals surface area contributed by atoms with Crippen LogP contribution in [0.15, 0.2) is 30.4 Å². The van der Waals surface area contributed by atoms with Gasteiger partial charge < -0.3 is 0 Å². The fraction of sp³-hybridized carbons (Fsp3) is 0.500. The fourth-order valence-corrected chi connectivity index (χ4v) is 2.19. The Balaban J connectivity index is 3.14. The topological polar surface area (TPSA) is 0 Å². The molecule has 0 saturated carbocycles. The van der Waals surface area contributed by atoms with Crippen molar-refractivity contribution in [3.63, 3.8) is 0 Å². The van der Waals surface area contributed by atoms with Gasteiger partial charge in [0.05, 0.1) is 5.56 Å². The first-order valence-electron chi connectivity index (χ1n) is 6.71. The smallest absolute Gasteiger partial charge is 0.166 e. The normalized spacial score (nSPS) is 14.0. The molecular weight excluding hydrogens is 249 g/mol. The van der Waals surface area contributed by atoms with Crippen LogP contribution in [0, 0.1) is 0 Å². The highest BCUT2D eigenvalue weighted by Crippen LogP contribution is 2.34. The van der Waals surface area contributed by atoms with Crippen LogP contribution in [0.5, 0.6) is 0 Å². The number of allylic oxidation sites excluding steroid dienone is 2. The average Bonchev–Trinajstić information content (AvgIpc) is 2.35. The number of hydrogen-bond acceptors (Lipinski definition) is 0. The maximum absolute atomic E-state index is 12.8. The molecule has 0 saturated heterocycles. The number of halogens is 3. The van der Waals surface area contributed by atoms with Gasteiger partial charge in [0.15, 0.2) is 0 Å². The van der Waals surface area contributed by atoms with Crippen LogP contribution in [0.2, 0.25) is 0 Å². The first-order valence-corrected chi connectivity index (χ1v) is 6.71. The van der Waals surface area contributed by atoms with Crippen LogP contribution in [0.1, 0.15) is 56.2 Å². The zero-order chi connectivity index (χ0) is 14.5. The summed E-state index contributed by atoms with van der Waals surface area (Å²) in [6.45, 7) is 5.94. The van der Waals surface area contributed by atoms with Gasteiger partial charge in [-0.25, -0.2) is 0 Å². The highest BCUT2D eigenvalue weighted by molar-refractivity contribution is 5.36. The Hall–Kier alpha value is -1.25. The molecule has 19 heavy (non-hydrogen) atoms. The molecule has 1 aromatic rings. The van der Waals surface area contributed by atoms with Gasteiger partial charge in [-0.1, -0.05) is 38.5 Å². The van der Waals surface area contributed by atoms with Crippen molar-refractivity contribution in [2.75, 3.05) is 0 Å². The van der Waals surface area contributed by atoms with Gasteiger partial charge >= 0.3 is 6.18 Å². The number of alkyl halides is 3. The van der Waals surface area contributed by atoms with Crippen LogP contribution in [0.4, 0.5) is 13.2 Å². The minimum atomic E-state index is -4.26. The molecule has 3 heteroatoms. The Morgan fingerprint density at radius 2 is 1.95 bits per heavy atom. The van der Waals surface area contributed by atoms with E-state index in [-0.39, 0.29) is 5.92 Å². The second-order valence-corrected chi connectivity index (χ2v) is 4.87. The summed E-state index contributed by atoms with van der Waals surface area (Å²) in [5.74, 6) is 0.111. The minimum absolute atomic E-state index is 0.111. The molecule has 1 atom stereocenters. The molecule has 0 aliphatic carbocycles. The molecular formula is C16H21F3. The molecule has 0 aromatic heterocycles. The molecule has 0 fully saturated rings. The van der Waals surface area contributed by atoms with Gasteiger partial charge in [0.2, 0.25) is 0 Å². The van der Waals surface area contributed by atoms with Gasteiger partial charge in [-0.15, -0.1) is 0 Å². The minimum Gasteiger partial charge on any atom is -0.166 e. The van der Waals surface area contributed by atoms with Crippen molar-refractivity contribution in [1.29, 1.82) is 0 Å². The third-order valence-corrected chi connectivity index (χ3v) is 3.25. The quantitative estimate of drug-likeness (QED) is 0.599. The van der Waals surface area contributed by atoms with Gasteiger partial charge in [-0.3, -0.25) is 0 Å². The lowest BCUT2D eigenvalue weighted by Crippen LogP contribution is -2.08. The van der Waals surface area contributed by atoms with Crippen molar-refractivity contribution < 1.29 is 13.2 Å². The van der Waals surface area contributed by atoms with E-state index < -0.39 is 11.7 Å². The third kappa shape index (κ3) is 4.41. The lowest BCUT2D eigenvalue weighted by molar-refractivity contribution is -0.137. The van der Waals surface area contributed by atoms with Crippen LogP contribution < -0.4 is 0 Å². The first-order chi connectivity index (χ1) is 8.90. The van der Waals surface area contributed by atoms with E-state index in [0.29, 0.717) is 0 Å². The molecule has 0 amide bonds. The van der Waals surface area contributed by atoms with E-state index in [9.17, 15) is 13.2 Å². The van der Waals surface area contributed by atoms with Gasteiger partial charge in [0, 0.05) is 0 Å². The van der Waals surface area contributed by atoms with Crippen molar-refractivity contribution in [2.45, 2.75) is 52.1 Å². The van der Waals surface area contributed by atoms with Crippen LogP contribution >= 0.6 is 0 Å². The van der Waals surface area contributed by atoms with Crippen LogP contribution in [0.3, 0.4) is 0 Å². The van der Waals surface area contributed by atoms with Gasteiger partial charge in [0.1, 0.15) is 0 Å². The summed E-state index contributed by atoms with van der Waals surface area (Å²) < 4.78 is 38.4. The summed E-state index contributed by atoms with van der Waals surface area (Å²) in [4.78, 5) is 0. The Kier molecular flexibility index (Phi) is 5.64. The Morgan fingerprint density at radius 1 is 1.26 bits per heavy atom. The monoisotopic (exact) mass is 270 g/mol. The highest BCUT2D eigenvalue weighted by atomic mass is 19.4.